The number of hydrogen-bond donors (Lipinski definition) is 1. The zero-order valence-electron chi connectivity index (χ0n) is 15.8. The van der Waals surface area contributed by atoms with Gasteiger partial charge in [-0.1, -0.05) is 24.3 Å². The van der Waals surface area contributed by atoms with E-state index < -0.39 is 0 Å². The lowest BCUT2D eigenvalue weighted by Gasteiger charge is -2.50. The van der Waals surface area contributed by atoms with E-state index in [-0.39, 0.29) is 23.0 Å². The number of rotatable bonds is 3. The first kappa shape index (κ1) is 17.8. The fourth-order valence-corrected chi connectivity index (χ4v) is 4.56. The number of likely N-dealkylation sites (N-methyl/N-ethyl adjacent to an activating group) is 1. The van der Waals surface area contributed by atoms with Gasteiger partial charge in [-0.25, -0.2) is 0 Å². The Bertz CT molecular complexity index is 904. The second kappa shape index (κ2) is 6.86. The van der Waals surface area contributed by atoms with Crippen LogP contribution in [0.1, 0.15) is 30.4 Å². The quantitative estimate of drug-likeness (QED) is 0.843. The van der Waals surface area contributed by atoms with E-state index in [9.17, 15) is 9.90 Å². The lowest BCUT2D eigenvalue weighted by molar-refractivity contribution is -0.120. The van der Waals surface area contributed by atoms with Gasteiger partial charge in [0.15, 0.2) is 5.78 Å². The van der Waals surface area contributed by atoms with Gasteiger partial charge in [0.2, 0.25) is 0 Å². The number of carbonyl (C=O) groups is 1. The molecule has 0 unspecified atom stereocenters. The van der Waals surface area contributed by atoms with Crippen LogP contribution in [0.5, 0.6) is 11.5 Å². The molecule has 2 aliphatic rings. The van der Waals surface area contributed by atoms with Gasteiger partial charge in [0.05, 0.1) is 7.11 Å². The van der Waals surface area contributed by atoms with Crippen LogP contribution in [0, 0.1) is 0 Å². The predicted octanol–water partition coefficient (Wildman–Crippen LogP) is 3.79. The number of carbonyl (C=O) groups excluding carboxylic acids is 1. The number of phenolic OH excluding ortho intramolecular Hbond substituents is 1. The third kappa shape index (κ3) is 3.26. The van der Waals surface area contributed by atoms with Crippen LogP contribution in [0.3, 0.4) is 0 Å². The van der Waals surface area contributed by atoms with Gasteiger partial charge in [-0.05, 0) is 67.9 Å². The number of phenols is 1. The normalized spacial score (nSPS) is 27.0. The highest BCUT2D eigenvalue weighted by molar-refractivity contribution is 6.02. The fourth-order valence-electron chi connectivity index (χ4n) is 4.56. The number of fused-ring (bicyclic) bond motifs is 2. The van der Waals surface area contributed by atoms with E-state index in [0.29, 0.717) is 6.42 Å². The summed E-state index contributed by atoms with van der Waals surface area (Å²) in [6.07, 6.45) is 4.34. The van der Waals surface area contributed by atoms with Gasteiger partial charge in [-0.15, -0.1) is 0 Å². The summed E-state index contributed by atoms with van der Waals surface area (Å²) in [6, 6.07) is 15.3. The van der Waals surface area contributed by atoms with Crippen LogP contribution < -0.4 is 4.74 Å². The Morgan fingerprint density at radius 2 is 2.04 bits per heavy atom. The van der Waals surface area contributed by atoms with Crippen LogP contribution in [-0.2, 0) is 10.2 Å². The molecule has 2 atom stereocenters. The molecule has 1 saturated heterocycles. The number of likely N-dealkylation sites (tertiary alicyclic amines) is 1. The van der Waals surface area contributed by atoms with Crippen molar-refractivity contribution in [3.8, 4) is 11.5 Å². The van der Waals surface area contributed by atoms with Gasteiger partial charge in [-0.3, -0.25) is 9.69 Å². The Morgan fingerprint density at radius 1 is 1.22 bits per heavy atom. The average Bonchev–Trinajstić information content (AvgIpc) is 2.68. The van der Waals surface area contributed by atoms with Crippen LogP contribution >= 0.6 is 0 Å². The first-order valence-electron chi connectivity index (χ1n) is 9.39. The Kier molecular flexibility index (Phi) is 4.52. The second-order valence-corrected chi connectivity index (χ2v) is 7.76. The lowest BCUT2D eigenvalue weighted by atomic mass is 9.61. The van der Waals surface area contributed by atoms with Crippen molar-refractivity contribution in [2.75, 3.05) is 20.7 Å². The zero-order valence-corrected chi connectivity index (χ0v) is 15.8. The summed E-state index contributed by atoms with van der Waals surface area (Å²) in [4.78, 5) is 15.5. The van der Waals surface area contributed by atoms with Crippen molar-refractivity contribution >= 4 is 11.9 Å². The Balaban J connectivity index is 1.72. The minimum absolute atomic E-state index is 0.0912. The summed E-state index contributed by atoms with van der Waals surface area (Å²) in [5.41, 5.74) is 2.76. The van der Waals surface area contributed by atoms with E-state index in [4.69, 9.17) is 4.74 Å². The molecule has 0 spiro atoms. The first-order valence-corrected chi connectivity index (χ1v) is 9.39. The van der Waals surface area contributed by atoms with Gasteiger partial charge in [0.25, 0.3) is 0 Å². The smallest absolute Gasteiger partial charge is 0.161 e. The minimum Gasteiger partial charge on any atom is -0.508 e. The molecule has 1 saturated carbocycles. The molecule has 1 aliphatic heterocycles. The predicted molar refractivity (Wildman–Crippen MR) is 106 cm³/mol. The molecule has 0 aromatic heterocycles. The largest absolute Gasteiger partial charge is 0.508 e. The highest BCUT2D eigenvalue weighted by atomic mass is 16.5. The summed E-state index contributed by atoms with van der Waals surface area (Å²) in [5, 5.41) is 9.93. The maximum atomic E-state index is 13.2. The standard InChI is InChI=1S/C23H25NO3/c1-24-10-9-23(17-6-4-7-18(25)13-17)14-21(24)20(22(26)15-23)12-16-5-3-8-19(11-16)27-2/h3-8,11-13,21,25H,9-10,14-15H2,1-2H3/b20-12+/t21-,23-/m0/s1. The zero-order chi connectivity index (χ0) is 19.0. The third-order valence-electron chi connectivity index (χ3n) is 6.11. The van der Waals surface area contributed by atoms with Crippen molar-refractivity contribution in [1.82, 2.24) is 4.90 Å². The molecule has 2 bridgehead atoms. The molecule has 2 aromatic carbocycles. The van der Waals surface area contributed by atoms with Crippen LogP contribution in [0.15, 0.2) is 54.1 Å². The molecule has 2 fully saturated rings. The van der Waals surface area contributed by atoms with Crippen molar-refractivity contribution in [3.05, 3.63) is 65.2 Å². The first-order chi connectivity index (χ1) is 13.0. The van der Waals surface area contributed by atoms with Gasteiger partial charge in [-0.2, -0.15) is 0 Å². The van der Waals surface area contributed by atoms with Gasteiger partial charge < -0.3 is 9.84 Å². The molecule has 4 nitrogen and oxygen atoms in total. The van der Waals surface area contributed by atoms with Gasteiger partial charge >= 0.3 is 0 Å². The summed E-state index contributed by atoms with van der Waals surface area (Å²) in [7, 11) is 3.74. The molecule has 27 heavy (non-hydrogen) atoms. The monoisotopic (exact) mass is 363 g/mol. The summed E-state index contributed by atoms with van der Waals surface area (Å²) >= 11 is 0. The molecule has 1 heterocycles. The molecule has 0 amide bonds. The van der Waals surface area contributed by atoms with Crippen LogP contribution in [0.2, 0.25) is 0 Å². The van der Waals surface area contributed by atoms with Crippen LogP contribution in [0.25, 0.3) is 6.08 Å². The van der Waals surface area contributed by atoms with Gasteiger partial charge in [0.1, 0.15) is 11.5 Å². The SMILES string of the molecule is COc1cccc(/C=C2/C(=O)C[C@]3(c4cccc(O)c4)CCN(C)[C@H]2C3)c1. The molecule has 140 valence electrons. The molecule has 1 aliphatic carbocycles. The topological polar surface area (TPSA) is 49.8 Å². The number of Topliss-reactive ketones (excluding diaryl/α,β-unsaturated/α-hetero) is 1. The van der Waals surface area contributed by atoms with E-state index in [1.54, 1.807) is 13.2 Å². The number of ether oxygens (including phenoxy) is 1. The van der Waals surface area contributed by atoms with Crippen molar-refractivity contribution in [2.24, 2.45) is 0 Å². The number of aromatic hydroxyl groups is 1. The van der Waals surface area contributed by atoms with Crippen LogP contribution in [-0.4, -0.2) is 42.5 Å². The van der Waals surface area contributed by atoms with E-state index in [2.05, 4.69) is 11.9 Å². The molecular weight excluding hydrogens is 338 g/mol. The van der Waals surface area contributed by atoms with Crippen molar-refractivity contribution in [2.45, 2.75) is 30.7 Å². The molecule has 2 aromatic rings. The highest BCUT2D eigenvalue weighted by Gasteiger charge is 2.48. The average molecular weight is 363 g/mol. The molecule has 0 radical (unpaired) electrons. The number of hydrogen-bond acceptors (Lipinski definition) is 4. The van der Waals surface area contributed by atoms with Gasteiger partial charge in [0, 0.05) is 23.5 Å². The minimum atomic E-state index is -0.182. The van der Waals surface area contributed by atoms with Crippen molar-refractivity contribution in [1.29, 1.82) is 0 Å². The summed E-state index contributed by atoms with van der Waals surface area (Å²) in [5.74, 6) is 1.25. The number of benzene rings is 2. The summed E-state index contributed by atoms with van der Waals surface area (Å²) < 4.78 is 5.31. The Morgan fingerprint density at radius 3 is 2.81 bits per heavy atom. The fraction of sp³-hybridized carbons (Fsp3) is 0.348. The Hall–Kier alpha value is -2.59. The van der Waals surface area contributed by atoms with Crippen LogP contribution in [0.4, 0.5) is 0 Å². The molecule has 4 heteroatoms. The number of ketones is 1. The molecule has 1 N–H and O–H groups in total. The summed E-state index contributed by atoms with van der Waals surface area (Å²) in [6.45, 7) is 0.934. The lowest BCUT2D eigenvalue weighted by Crippen LogP contribution is -2.53. The van der Waals surface area contributed by atoms with E-state index in [1.807, 2.05) is 48.5 Å². The molecule has 4 rings (SSSR count). The maximum Gasteiger partial charge on any atom is 0.161 e. The van der Waals surface area contributed by atoms with E-state index in [1.165, 1.54) is 0 Å². The van der Waals surface area contributed by atoms with Crippen molar-refractivity contribution < 1.29 is 14.6 Å². The third-order valence-corrected chi connectivity index (χ3v) is 6.11. The van der Waals surface area contributed by atoms with Crippen molar-refractivity contribution in [3.63, 3.8) is 0 Å². The molecular formula is C23H25NO3. The number of piperidine rings is 1. The highest BCUT2D eigenvalue weighted by Crippen LogP contribution is 2.48. The second-order valence-electron chi connectivity index (χ2n) is 7.76. The van der Waals surface area contributed by atoms with E-state index >= 15 is 0 Å². The number of nitrogens with zero attached hydrogens (tertiary/aromatic N) is 1. The maximum absolute atomic E-state index is 13.2. The Labute approximate surface area is 160 Å². The van der Waals surface area contributed by atoms with E-state index in [0.717, 1.165) is 41.8 Å². The number of methoxy groups -OCH3 is 1.